The van der Waals surface area contributed by atoms with Crippen molar-refractivity contribution in [2.75, 3.05) is 33.5 Å². The van der Waals surface area contributed by atoms with E-state index in [9.17, 15) is 0 Å². The molecule has 3 nitrogen and oxygen atoms in total. The molecule has 0 heterocycles. The molecule has 0 bridgehead atoms. The number of hydrogen-bond acceptors (Lipinski definition) is 3. The van der Waals surface area contributed by atoms with Crippen molar-refractivity contribution in [3.05, 3.63) is 35.4 Å². The Hall–Kier alpha value is -0.900. The maximum Gasteiger partial charge on any atom is 0.0591 e. The Labute approximate surface area is 109 Å². The summed E-state index contributed by atoms with van der Waals surface area (Å²) in [5.74, 6) is 0. The number of ether oxygens (including phenoxy) is 2. The molecule has 1 aliphatic carbocycles. The molecule has 0 aliphatic heterocycles. The van der Waals surface area contributed by atoms with Gasteiger partial charge >= 0.3 is 0 Å². The smallest absolute Gasteiger partial charge is 0.0591 e. The van der Waals surface area contributed by atoms with Gasteiger partial charge in [0.2, 0.25) is 0 Å². The molecule has 0 amide bonds. The zero-order valence-corrected chi connectivity index (χ0v) is 11.2. The molecule has 1 aliphatic rings. The van der Waals surface area contributed by atoms with Crippen LogP contribution in [0.25, 0.3) is 0 Å². The van der Waals surface area contributed by atoms with Gasteiger partial charge in [-0.1, -0.05) is 24.3 Å². The number of rotatable bonds is 8. The molecule has 0 aromatic heterocycles. The third-order valence-electron chi connectivity index (χ3n) is 3.41. The molecule has 3 heteroatoms. The van der Waals surface area contributed by atoms with E-state index in [0.29, 0.717) is 6.04 Å². The van der Waals surface area contributed by atoms with Gasteiger partial charge in [-0.05, 0) is 30.4 Å². The first kappa shape index (κ1) is 13.5. The normalized spacial score (nSPS) is 17.9. The lowest BCUT2D eigenvalue weighted by Crippen LogP contribution is -2.24. The molecule has 0 radical (unpaired) electrons. The van der Waals surface area contributed by atoms with E-state index in [0.717, 1.165) is 32.8 Å². The van der Waals surface area contributed by atoms with E-state index in [2.05, 4.69) is 29.6 Å². The molecule has 18 heavy (non-hydrogen) atoms. The van der Waals surface area contributed by atoms with Gasteiger partial charge in [0.05, 0.1) is 6.61 Å². The van der Waals surface area contributed by atoms with Gasteiger partial charge < -0.3 is 14.8 Å². The molecule has 0 saturated heterocycles. The van der Waals surface area contributed by atoms with E-state index in [1.165, 1.54) is 24.0 Å². The van der Waals surface area contributed by atoms with Gasteiger partial charge in [-0.3, -0.25) is 0 Å². The van der Waals surface area contributed by atoms with Gasteiger partial charge in [-0.25, -0.2) is 0 Å². The maximum atomic E-state index is 5.54. The highest BCUT2D eigenvalue weighted by Crippen LogP contribution is 2.30. The topological polar surface area (TPSA) is 30.5 Å². The lowest BCUT2D eigenvalue weighted by Gasteiger charge is -2.14. The summed E-state index contributed by atoms with van der Waals surface area (Å²) in [5.41, 5.74) is 2.97. The van der Waals surface area contributed by atoms with Gasteiger partial charge in [0, 0.05) is 32.9 Å². The zero-order chi connectivity index (χ0) is 12.6. The predicted octanol–water partition coefficient (Wildman–Crippen LogP) is 2.32. The molecule has 2 rings (SSSR count). The SMILES string of the molecule is COCCCOCCNC1CCc2ccccc21. The molecule has 1 aromatic rings. The number of aryl methyl sites for hydroxylation is 1. The molecule has 0 saturated carbocycles. The van der Waals surface area contributed by atoms with Gasteiger partial charge in [0.15, 0.2) is 0 Å². The minimum atomic E-state index is 0.517. The van der Waals surface area contributed by atoms with Crippen LogP contribution in [0.4, 0.5) is 0 Å². The van der Waals surface area contributed by atoms with Gasteiger partial charge in [0.25, 0.3) is 0 Å². The molecular weight excluding hydrogens is 226 g/mol. The van der Waals surface area contributed by atoms with E-state index >= 15 is 0 Å². The van der Waals surface area contributed by atoms with E-state index in [4.69, 9.17) is 9.47 Å². The van der Waals surface area contributed by atoms with Crippen LogP contribution >= 0.6 is 0 Å². The minimum absolute atomic E-state index is 0.517. The fourth-order valence-corrected chi connectivity index (χ4v) is 2.48. The molecule has 1 aromatic carbocycles. The summed E-state index contributed by atoms with van der Waals surface area (Å²) in [6.45, 7) is 3.27. The van der Waals surface area contributed by atoms with Crippen LogP contribution in [0.3, 0.4) is 0 Å². The quantitative estimate of drug-likeness (QED) is 0.717. The van der Waals surface area contributed by atoms with E-state index < -0.39 is 0 Å². The molecule has 100 valence electrons. The molecular formula is C15H23NO2. The minimum Gasteiger partial charge on any atom is -0.385 e. The number of nitrogens with one attached hydrogen (secondary N) is 1. The Bertz CT molecular complexity index is 354. The standard InChI is InChI=1S/C15H23NO2/c1-17-10-4-11-18-12-9-16-15-8-7-13-5-2-3-6-14(13)15/h2-3,5-6,15-16H,4,7-12H2,1H3. The fourth-order valence-electron chi connectivity index (χ4n) is 2.48. The van der Waals surface area contributed by atoms with Crippen molar-refractivity contribution < 1.29 is 9.47 Å². The maximum absolute atomic E-state index is 5.54. The van der Waals surface area contributed by atoms with Crippen LogP contribution in [0.1, 0.15) is 30.0 Å². The third kappa shape index (κ3) is 3.80. The second-order valence-corrected chi connectivity index (χ2v) is 4.70. The number of methoxy groups -OCH3 is 1. The van der Waals surface area contributed by atoms with Crippen molar-refractivity contribution in [2.45, 2.75) is 25.3 Å². The Balaban J connectivity index is 1.61. The summed E-state index contributed by atoms with van der Waals surface area (Å²) in [7, 11) is 1.72. The highest BCUT2D eigenvalue weighted by atomic mass is 16.5. The first-order valence-corrected chi connectivity index (χ1v) is 6.79. The Morgan fingerprint density at radius 3 is 3.00 bits per heavy atom. The van der Waals surface area contributed by atoms with Gasteiger partial charge in [-0.15, -0.1) is 0 Å². The summed E-state index contributed by atoms with van der Waals surface area (Å²) in [6, 6.07) is 9.24. The van der Waals surface area contributed by atoms with Crippen LogP contribution in [-0.4, -0.2) is 33.5 Å². The Morgan fingerprint density at radius 1 is 1.22 bits per heavy atom. The van der Waals surface area contributed by atoms with E-state index in [-0.39, 0.29) is 0 Å². The van der Waals surface area contributed by atoms with Crippen LogP contribution in [0.5, 0.6) is 0 Å². The van der Waals surface area contributed by atoms with Crippen molar-refractivity contribution in [3.63, 3.8) is 0 Å². The van der Waals surface area contributed by atoms with Crippen molar-refractivity contribution in [2.24, 2.45) is 0 Å². The van der Waals surface area contributed by atoms with Crippen LogP contribution in [0.15, 0.2) is 24.3 Å². The van der Waals surface area contributed by atoms with Gasteiger partial charge in [0.1, 0.15) is 0 Å². The second-order valence-electron chi connectivity index (χ2n) is 4.70. The molecule has 0 spiro atoms. The van der Waals surface area contributed by atoms with E-state index in [1.807, 2.05) is 0 Å². The predicted molar refractivity (Wildman–Crippen MR) is 72.8 cm³/mol. The van der Waals surface area contributed by atoms with Crippen LogP contribution in [0.2, 0.25) is 0 Å². The Kier molecular flexibility index (Phi) is 5.65. The molecule has 1 atom stereocenters. The first-order valence-electron chi connectivity index (χ1n) is 6.79. The number of hydrogen-bond donors (Lipinski definition) is 1. The van der Waals surface area contributed by atoms with Crippen molar-refractivity contribution in [1.29, 1.82) is 0 Å². The van der Waals surface area contributed by atoms with E-state index in [1.54, 1.807) is 7.11 Å². The molecule has 0 fully saturated rings. The highest BCUT2D eigenvalue weighted by molar-refractivity contribution is 5.34. The van der Waals surface area contributed by atoms with Crippen molar-refractivity contribution in [3.8, 4) is 0 Å². The summed E-state index contributed by atoms with van der Waals surface area (Å²) < 4.78 is 10.5. The van der Waals surface area contributed by atoms with Crippen LogP contribution in [-0.2, 0) is 15.9 Å². The monoisotopic (exact) mass is 249 g/mol. The van der Waals surface area contributed by atoms with Crippen LogP contribution < -0.4 is 5.32 Å². The van der Waals surface area contributed by atoms with Crippen molar-refractivity contribution >= 4 is 0 Å². The molecule has 1 N–H and O–H groups in total. The zero-order valence-electron chi connectivity index (χ0n) is 11.2. The summed E-state index contributed by atoms with van der Waals surface area (Å²) in [4.78, 5) is 0. The second kappa shape index (κ2) is 7.52. The third-order valence-corrected chi connectivity index (χ3v) is 3.41. The summed E-state index contributed by atoms with van der Waals surface area (Å²) in [6.07, 6.45) is 3.38. The van der Waals surface area contributed by atoms with Gasteiger partial charge in [-0.2, -0.15) is 0 Å². The Morgan fingerprint density at radius 2 is 2.11 bits per heavy atom. The summed E-state index contributed by atoms with van der Waals surface area (Å²) >= 11 is 0. The average molecular weight is 249 g/mol. The lowest BCUT2D eigenvalue weighted by atomic mass is 10.1. The molecule has 1 unspecified atom stereocenters. The average Bonchev–Trinajstić information content (AvgIpc) is 2.81. The van der Waals surface area contributed by atoms with Crippen molar-refractivity contribution in [1.82, 2.24) is 5.32 Å². The lowest BCUT2D eigenvalue weighted by molar-refractivity contribution is 0.103. The summed E-state index contributed by atoms with van der Waals surface area (Å²) in [5, 5.41) is 3.57. The largest absolute Gasteiger partial charge is 0.385 e. The number of fused-ring (bicyclic) bond motifs is 1. The fraction of sp³-hybridized carbons (Fsp3) is 0.600. The number of benzene rings is 1. The first-order chi connectivity index (χ1) is 8.92. The van der Waals surface area contributed by atoms with Crippen LogP contribution in [0, 0.1) is 0 Å². The highest BCUT2D eigenvalue weighted by Gasteiger charge is 2.20.